The summed E-state index contributed by atoms with van der Waals surface area (Å²) < 4.78 is 12.9. The summed E-state index contributed by atoms with van der Waals surface area (Å²) in [6.07, 6.45) is 4.39. The van der Waals surface area contributed by atoms with Crippen molar-refractivity contribution in [2.75, 3.05) is 0 Å². The molecule has 0 spiro atoms. The van der Waals surface area contributed by atoms with Gasteiger partial charge in [-0.3, -0.25) is 4.79 Å². The number of rotatable bonds is 4. The average molecular weight is 316 g/mol. The van der Waals surface area contributed by atoms with E-state index >= 15 is 0 Å². The molecule has 2 aliphatic rings. The highest BCUT2D eigenvalue weighted by atomic mass is 19.1. The van der Waals surface area contributed by atoms with E-state index in [0.717, 1.165) is 24.1 Å². The van der Waals surface area contributed by atoms with E-state index in [1.165, 1.54) is 18.6 Å². The fourth-order valence-corrected chi connectivity index (χ4v) is 4.19. The predicted molar refractivity (Wildman–Crippen MR) is 89.5 cm³/mol. The van der Waals surface area contributed by atoms with Crippen LogP contribution in [0.3, 0.4) is 0 Å². The molecule has 3 nitrogen and oxygen atoms in total. The lowest BCUT2D eigenvalue weighted by Gasteiger charge is -2.34. The molecule has 2 bridgehead atoms. The molecule has 0 radical (unpaired) electrons. The normalized spacial score (nSPS) is 29.9. The molecule has 2 atom stereocenters. The van der Waals surface area contributed by atoms with Crippen molar-refractivity contribution in [3.8, 4) is 0 Å². The van der Waals surface area contributed by atoms with Gasteiger partial charge < -0.3 is 0 Å². The third-order valence-corrected chi connectivity index (χ3v) is 6.38. The van der Waals surface area contributed by atoms with Crippen molar-refractivity contribution in [2.45, 2.75) is 52.9 Å². The van der Waals surface area contributed by atoms with E-state index in [4.69, 9.17) is 0 Å². The number of nitrogens with one attached hydrogen (secondary N) is 1. The molecule has 0 saturated heterocycles. The molecule has 0 aromatic heterocycles. The van der Waals surface area contributed by atoms with Crippen LogP contribution >= 0.6 is 0 Å². The minimum atomic E-state index is -0.253. The molecule has 2 fully saturated rings. The van der Waals surface area contributed by atoms with Crippen LogP contribution in [0.25, 0.3) is 0 Å². The number of aryl methyl sites for hydroxylation is 1. The Balaban J connectivity index is 1.56. The van der Waals surface area contributed by atoms with Crippen LogP contribution in [0.2, 0.25) is 0 Å². The number of hydrazone groups is 1. The second-order valence-corrected chi connectivity index (χ2v) is 7.71. The fraction of sp³-hybridized carbons (Fsp3) is 0.579. The summed E-state index contributed by atoms with van der Waals surface area (Å²) >= 11 is 0. The summed E-state index contributed by atoms with van der Waals surface area (Å²) in [5.74, 6) is 0.352. The zero-order valence-electron chi connectivity index (χ0n) is 14.2. The van der Waals surface area contributed by atoms with E-state index in [-0.39, 0.29) is 22.6 Å². The molecule has 1 aromatic carbocycles. The Morgan fingerprint density at radius 2 is 2.00 bits per heavy atom. The summed E-state index contributed by atoms with van der Waals surface area (Å²) in [5, 5.41) is 4.46. The van der Waals surface area contributed by atoms with E-state index in [1.807, 2.05) is 0 Å². The van der Waals surface area contributed by atoms with Gasteiger partial charge in [0.15, 0.2) is 0 Å². The van der Waals surface area contributed by atoms with Gasteiger partial charge in [0.05, 0.1) is 0 Å². The molecule has 0 unspecified atom stereocenters. The quantitative estimate of drug-likeness (QED) is 0.836. The van der Waals surface area contributed by atoms with Gasteiger partial charge in [0.1, 0.15) is 5.82 Å². The monoisotopic (exact) mass is 316 g/mol. The molecule has 1 amide bonds. The van der Waals surface area contributed by atoms with Gasteiger partial charge in [0, 0.05) is 17.5 Å². The van der Waals surface area contributed by atoms with E-state index in [2.05, 4.69) is 31.3 Å². The van der Waals surface area contributed by atoms with Crippen LogP contribution in [0.1, 0.15) is 52.0 Å². The molecular formula is C19H25FN2O. The first-order valence-electron chi connectivity index (χ1n) is 8.43. The molecule has 2 saturated carbocycles. The molecule has 1 N–H and O–H groups in total. The van der Waals surface area contributed by atoms with Crippen molar-refractivity contribution in [1.82, 2.24) is 5.43 Å². The Kier molecular flexibility index (Phi) is 4.03. The maximum absolute atomic E-state index is 12.9. The minimum Gasteiger partial charge on any atom is -0.273 e. The molecule has 1 aromatic rings. The highest BCUT2D eigenvalue weighted by Crippen LogP contribution is 2.63. The molecular weight excluding hydrogens is 291 g/mol. The van der Waals surface area contributed by atoms with E-state index < -0.39 is 0 Å². The van der Waals surface area contributed by atoms with E-state index in [0.29, 0.717) is 18.8 Å². The SMILES string of the molecule is CC1(C)[C@H]2CC[C@@]1(C)/C(=N/NC(=O)CCc1ccc(F)cc1)C2. The van der Waals surface area contributed by atoms with Crippen molar-refractivity contribution in [2.24, 2.45) is 21.8 Å². The van der Waals surface area contributed by atoms with Crippen LogP contribution < -0.4 is 5.43 Å². The second-order valence-electron chi connectivity index (χ2n) is 7.71. The van der Waals surface area contributed by atoms with Crippen LogP contribution in [-0.2, 0) is 11.2 Å². The lowest BCUT2D eigenvalue weighted by atomic mass is 9.70. The summed E-state index contributed by atoms with van der Waals surface area (Å²) in [7, 11) is 0. The third-order valence-electron chi connectivity index (χ3n) is 6.38. The molecule has 4 heteroatoms. The highest BCUT2D eigenvalue weighted by molar-refractivity contribution is 5.95. The van der Waals surface area contributed by atoms with Gasteiger partial charge in [-0.15, -0.1) is 0 Å². The van der Waals surface area contributed by atoms with Gasteiger partial charge in [-0.25, -0.2) is 9.82 Å². The highest BCUT2D eigenvalue weighted by Gasteiger charge is 2.59. The zero-order valence-corrected chi connectivity index (χ0v) is 14.2. The van der Waals surface area contributed by atoms with Gasteiger partial charge in [0.25, 0.3) is 0 Å². The lowest BCUT2D eigenvalue weighted by molar-refractivity contribution is -0.121. The average Bonchev–Trinajstić information content (AvgIpc) is 2.85. The van der Waals surface area contributed by atoms with Crippen molar-refractivity contribution < 1.29 is 9.18 Å². The van der Waals surface area contributed by atoms with Crippen LogP contribution in [0.15, 0.2) is 29.4 Å². The topological polar surface area (TPSA) is 41.5 Å². The molecule has 23 heavy (non-hydrogen) atoms. The number of fused-ring (bicyclic) bond motifs is 2. The number of halogens is 1. The summed E-state index contributed by atoms with van der Waals surface area (Å²) in [6, 6.07) is 6.28. The summed E-state index contributed by atoms with van der Waals surface area (Å²) in [4.78, 5) is 12.0. The number of nitrogens with zero attached hydrogens (tertiary/aromatic N) is 1. The number of benzene rings is 1. The number of carbonyl (C=O) groups excluding carboxylic acids is 1. The molecule has 0 heterocycles. The van der Waals surface area contributed by atoms with Gasteiger partial charge >= 0.3 is 0 Å². The summed E-state index contributed by atoms with van der Waals surface area (Å²) in [5.41, 5.74) is 5.22. The smallest absolute Gasteiger partial charge is 0.240 e. The molecule has 0 aliphatic heterocycles. The molecule has 2 aliphatic carbocycles. The van der Waals surface area contributed by atoms with Gasteiger partial charge in [-0.05, 0) is 54.7 Å². The van der Waals surface area contributed by atoms with Crippen LogP contribution in [0.4, 0.5) is 4.39 Å². The van der Waals surface area contributed by atoms with Gasteiger partial charge in [0.2, 0.25) is 5.91 Å². The lowest BCUT2D eigenvalue weighted by Crippen LogP contribution is -2.34. The summed E-state index contributed by atoms with van der Waals surface area (Å²) in [6.45, 7) is 6.93. The number of hydrogen-bond donors (Lipinski definition) is 1. The third kappa shape index (κ3) is 2.79. The Morgan fingerprint density at radius 1 is 1.30 bits per heavy atom. The van der Waals surface area contributed by atoms with Crippen molar-refractivity contribution in [1.29, 1.82) is 0 Å². The van der Waals surface area contributed by atoms with Crippen molar-refractivity contribution >= 4 is 11.6 Å². The Labute approximate surface area is 137 Å². The fourth-order valence-electron chi connectivity index (χ4n) is 4.19. The van der Waals surface area contributed by atoms with Crippen LogP contribution in [-0.4, -0.2) is 11.6 Å². The number of carbonyl (C=O) groups is 1. The van der Waals surface area contributed by atoms with Gasteiger partial charge in [-0.1, -0.05) is 32.9 Å². The standard InChI is InChI=1S/C19H25FN2O/c1-18(2)14-10-11-19(18,3)16(12-14)21-22-17(23)9-6-13-4-7-15(20)8-5-13/h4-5,7-8,14H,6,9-12H2,1-3H3,(H,22,23)/b21-16+/t14-,19-/m0/s1. The Hall–Kier alpha value is -1.71. The van der Waals surface area contributed by atoms with Crippen molar-refractivity contribution in [3.63, 3.8) is 0 Å². The van der Waals surface area contributed by atoms with E-state index in [1.54, 1.807) is 12.1 Å². The maximum Gasteiger partial charge on any atom is 0.240 e. The van der Waals surface area contributed by atoms with Gasteiger partial charge in [-0.2, -0.15) is 5.10 Å². The number of hydrogen-bond acceptors (Lipinski definition) is 2. The Morgan fingerprint density at radius 3 is 2.57 bits per heavy atom. The minimum absolute atomic E-state index is 0.0778. The first-order valence-corrected chi connectivity index (χ1v) is 8.43. The zero-order chi connectivity index (χ0) is 16.7. The molecule has 3 rings (SSSR count). The van der Waals surface area contributed by atoms with Crippen LogP contribution in [0, 0.1) is 22.6 Å². The predicted octanol–water partition coefficient (Wildman–Crippen LogP) is 4.08. The Bertz CT molecular complexity index is 635. The molecule has 124 valence electrons. The second kappa shape index (κ2) is 5.73. The largest absolute Gasteiger partial charge is 0.273 e. The maximum atomic E-state index is 12.9. The van der Waals surface area contributed by atoms with Crippen molar-refractivity contribution in [3.05, 3.63) is 35.6 Å². The first kappa shape index (κ1) is 16.2. The van der Waals surface area contributed by atoms with E-state index in [9.17, 15) is 9.18 Å². The first-order chi connectivity index (χ1) is 10.8. The van der Waals surface area contributed by atoms with Crippen LogP contribution in [0.5, 0.6) is 0 Å². The number of amides is 1.